The summed E-state index contributed by atoms with van der Waals surface area (Å²) in [6, 6.07) is 11.1. The molecule has 0 heterocycles. The van der Waals surface area contributed by atoms with Gasteiger partial charge in [-0.05, 0) is 55.7 Å². The summed E-state index contributed by atoms with van der Waals surface area (Å²) in [7, 11) is 0. The Morgan fingerprint density at radius 3 is 2.53 bits per heavy atom. The monoisotopic (exact) mass is 258 g/mol. The predicted octanol–water partition coefficient (Wildman–Crippen LogP) is 4.20. The molecule has 0 aromatic heterocycles. The maximum atomic E-state index is 13.6. The minimum absolute atomic E-state index is 0.000741. The molecule has 0 saturated heterocycles. The molecule has 3 heteroatoms. The molecule has 0 saturated carbocycles. The van der Waals surface area contributed by atoms with Gasteiger partial charge in [0.1, 0.15) is 5.82 Å². The van der Waals surface area contributed by atoms with Crippen LogP contribution in [0.15, 0.2) is 36.4 Å². The second-order valence-corrected chi connectivity index (χ2v) is 4.97. The van der Waals surface area contributed by atoms with Crippen molar-refractivity contribution in [2.75, 3.05) is 11.1 Å². The lowest BCUT2D eigenvalue weighted by Gasteiger charge is -2.18. The zero-order valence-corrected chi connectivity index (χ0v) is 11.5. The molecule has 2 rings (SSSR count). The Labute approximate surface area is 113 Å². The molecule has 0 aliphatic carbocycles. The smallest absolute Gasteiger partial charge is 0.126 e. The summed E-state index contributed by atoms with van der Waals surface area (Å²) < 4.78 is 13.6. The van der Waals surface area contributed by atoms with Gasteiger partial charge in [-0.3, -0.25) is 0 Å². The van der Waals surface area contributed by atoms with Crippen molar-refractivity contribution in [2.24, 2.45) is 0 Å². The fourth-order valence-corrected chi connectivity index (χ4v) is 1.99. The van der Waals surface area contributed by atoms with Crippen molar-refractivity contribution in [3.8, 4) is 0 Å². The SMILES string of the molecule is Cc1ccc(N)c(NC(C)c2ccc(C)c(F)c2)c1. The molecule has 0 bridgehead atoms. The van der Waals surface area contributed by atoms with Gasteiger partial charge in [-0.15, -0.1) is 0 Å². The molecule has 100 valence electrons. The molecule has 2 aromatic carbocycles. The lowest BCUT2D eigenvalue weighted by molar-refractivity contribution is 0.614. The van der Waals surface area contributed by atoms with E-state index in [2.05, 4.69) is 5.32 Å². The highest BCUT2D eigenvalue weighted by Gasteiger charge is 2.09. The van der Waals surface area contributed by atoms with E-state index in [0.29, 0.717) is 11.3 Å². The quantitative estimate of drug-likeness (QED) is 0.810. The van der Waals surface area contributed by atoms with Crippen LogP contribution >= 0.6 is 0 Å². The fraction of sp³-hybridized carbons (Fsp3) is 0.250. The molecule has 0 radical (unpaired) electrons. The highest BCUT2D eigenvalue weighted by molar-refractivity contribution is 5.67. The number of nitrogen functional groups attached to an aromatic ring is 1. The number of nitrogens with two attached hydrogens (primary N) is 1. The van der Waals surface area contributed by atoms with Crippen LogP contribution in [0.3, 0.4) is 0 Å². The van der Waals surface area contributed by atoms with Gasteiger partial charge in [-0.25, -0.2) is 4.39 Å². The summed E-state index contributed by atoms with van der Waals surface area (Å²) in [6.45, 7) is 5.77. The van der Waals surface area contributed by atoms with Gasteiger partial charge >= 0.3 is 0 Å². The van der Waals surface area contributed by atoms with Gasteiger partial charge in [-0.2, -0.15) is 0 Å². The van der Waals surface area contributed by atoms with E-state index >= 15 is 0 Å². The molecule has 0 spiro atoms. The fourth-order valence-electron chi connectivity index (χ4n) is 1.99. The van der Waals surface area contributed by atoms with Crippen LogP contribution in [0.25, 0.3) is 0 Å². The Hall–Kier alpha value is -2.03. The van der Waals surface area contributed by atoms with Crippen molar-refractivity contribution < 1.29 is 4.39 Å². The van der Waals surface area contributed by atoms with Gasteiger partial charge in [0.15, 0.2) is 0 Å². The first-order valence-corrected chi connectivity index (χ1v) is 6.36. The number of hydrogen-bond acceptors (Lipinski definition) is 2. The first-order chi connectivity index (χ1) is 8.97. The van der Waals surface area contributed by atoms with Crippen LogP contribution in [0.5, 0.6) is 0 Å². The number of anilines is 2. The minimum Gasteiger partial charge on any atom is -0.397 e. The van der Waals surface area contributed by atoms with E-state index in [-0.39, 0.29) is 11.9 Å². The van der Waals surface area contributed by atoms with Crippen LogP contribution in [-0.2, 0) is 0 Å². The van der Waals surface area contributed by atoms with Gasteiger partial charge in [0, 0.05) is 6.04 Å². The average molecular weight is 258 g/mol. The molecule has 0 aliphatic rings. The Morgan fingerprint density at radius 2 is 1.84 bits per heavy atom. The zero-order valence-electron chi connectivity index (χ0n) is 11.5. The molecule has 19 heavy (non-hydrogen) atoms. The Bertz CT molecular complexity index is 593. The summed E-state index contributed by atoms with van der Waals surface area (Å²) in [4.78, 5) is 0. The molecular formula is C16H19FN2. The minimum atomic E-state index is -0.177. The van der Waals surface area contributed by atoms with Gasteiger partial charge in [0.2, 0.25) is 0 Å². The summed E-state index contributed by atoms with van der Waals surface area (Å²) >= 11 is 0. The lowest BCUT2D eigenvalue weighted by Crippen LogP contribution is -2.09. The third-order valence-corrected chi connectivity index (χ3v) is 3.28. The third kappa shape index (κ3) is 3.05. The molecule has 2 aromatic rings. The van der Waals surface area contributed by atoms with Crippen molar-refractivity contribution >= 4 is 11.4 Å². The van der Waals surface area contributed by atoms with Crippen molar-refractivity contribution in [1.82, 2.24) is 0 Å². The van der Waals surface area contributed by atoms with Crippen molar-refractivity contribution in [2.45, 2.75) is 26.8 Å². The van der Waals surface area contributed by atoms with E-state index in [1.807, 2.05) is 38.1 Å². The maximum absolute atomic E-state index is 13.6. The second-order valence-electron chi connectivity index (χ2n) is 4.97. The maximum Gasteiger partial charge on any atom is 0.126 e. The predicted molar refractivity (Wildman–Crippen MR) is 78.8 cm³/mol. The highest BCUT2D eigenvalue weighted by Crippen LogP contribution is 2.26. The van der Waals surface area contributed by atoms with Gasteiger partial charge in [-0.1, -0.05) is 18.2 Å². The molecule has 1 unspecified atom stereocenters. The molecule has 0 aliphatic heterocycles. The molecule has 1 atom stereocenters. The van der Waals surface area contributed by atoms with E-state index in [9.17, 15) is 4.39 Å². The van der Waals surface area contributed by atoms with Crippen LogP contribution in [0, 0.1) is 19.7 Å². The van der Waals surface area contributed by atoms with Crippen molar-refractivity contribution in [1.29, 1.82) is 0 Å². The number of aryl methyl sites for hydroxylation is 2. The molecular weight excluding hydrogens is 239 g/mol. The highest BCUT2D eigenvalue weighted by atomic mass is 19.1. The number of benzene rings is 2. The number of hydrogen-bond donors (Lipinski definition) is 2. The average Bonchev–Trinajstić information content (AvgIpc) is 2.37. The zero-order chi connectivity index (χ0) is 14.0. The third-order valence-electron chi connectivity index (χ3n) is 3.28. The summed E-state index contributed by atoms with van der Waals surface area (Å²) in [5.74, 6) is -0.177. The summed E-state index contributed by atoms with van der Waals surface area (Å²) in [5, 5.41) is 3.32. The van der Waals surface area contributed by atoms with Crippen molar-refractivity contribution in [3.05, 3.63) is 58.9 Å². The van der Waals surface area contributed by atoms with E-state index in [0.717, 1.165) is 16.8 Å². The van der Waals surface area contributed by atoms with Crippen molar-refractivity contribution in [3.63, 3.8) is 0 Å². The van der Waals surface area contributed by atoms with E-state index < -0.39 is 0 Å². The Balaban J connectivity index is 2.22. The summed E-state index contributed by atoms with van der Waals surface area (Å²) in [5.41, 5.74) is 10.2. The normalized spacial score (nSPS) is 12.2. The summed E-state index contributed by atoms with van der Waals surface area (Å²) in [6.07, 6.45) is 0. The largest absolute Gasteiger partial charge is 0.397 e. The van der Waals surface area contributed by atoms with Crippen LogP contribution in [-0.4, -0.2) is 0 Å². The topological polar surface area (TPSA) is 38.0 Å². The van der Waals surface area contributed by atoms with Gasteiger partial charge < -0.3 is 11.1 Å². The Morgan fingerprint density at radius 1 is 1.11 bits per heavy atom. The standard InChI is InChI=1S/C16H19FN2/c1-10-4-7-15(18)16(8-10)19-12(3)13-6-5-11(2)14(17)9-13/h4-9,12,19H,18H2,1-3H3. The van der Waals surface area contributed by atoms with E-state index in [1.54, 1.807) is 19.1 Å². The van der Waals surface area contributed by atoms with Gasteiger partial charge in [0.25, 0.3) is 0 Å². The van der Waals surface area contributed by atoms with Crippen LogP contribution in [0.2, 0.25) is 0 Å². The first kappa shape index (κ1) is 13.4. The van der Waals surface area contributed by atoms with Crippen LogP contribution < -0.4 is 11.1 Å². The second kappa shape index (κ2) is 5.31. The lowest BCUT2D eigenvalue weighted by atomic mass is 10.1. The molecule has 3 N–H and O–H groups in total. The number of rotatable bonds is 3. The molecule has 2 nitrogen and oxygen atoms in total. The van der Waals surface area contributed by atoms with Gasteiger partial charge in [0.05, 0.1) is 11.4 Å². The van der Waals surface area contributed by atoms with Crippen LogP contribution in [0.1, 0.15) is 29.7 Å². The molecule has 0 fully saturated rings. The first-order valence-electron chi connectivity index (χ1n) is 6.36. The number of nitrogens with one attached hydrogen (secondary N) is 1. The Kier molecular flexibility index (Phi) is 3.74. The molecule has 0 amide bonds. The van der Waals surface area contributed by atoms with Crippen LogP contribution in [0.4, 0.5) is 15.8 Å². The number of halogens is 1. The van der Waals surface area contributed by atoms with E-state index in [4.69, 9.17) is 5.73 Å². The van der Waals surface area contributed by atoms with E-state index in [1.165, 1.54) is 0 Å².